The summed E-state index contributed by atoms with van der Waals surface area (Å²) in [6.45, 7) is 3.70. The molecule has 2 N–H and O–H groups in total. The Hall–Kier alpha value is -1.65. The van der Waals surface area contributed by atoms with Crippen molar-refractivity contribution in [1.29, 1.82) is 0 Å². The largest absolute Gasteiger partial charge is 0.450 e. The third-order valence-corrected chi connectivity index (χ3v) is 7.12. The molecule has 1 aliphatic rings. The number of hydrogen-bond acceptors (Lipinski definition) is 6. The number of ether oxygens (including phenoxy) is 1. The van der Waals surface area contributed by atoms with Gasteiger partial charge in [0.15, 0.2) is 9.84 Å². The Morgan fingerprint density at radius 3 is 2.32 bits per heavy atom. The van der Waals surface area contributed by atoms with Crippen LogP contribution in [0.15, 0.2) is 29.2 Å². The smallest absolute Gasteiger partial charge is 0.407 e. The van der Waals surface area contributed by atoms with E-state index < -0.39 is 38.0 Å². The van der Waals surface area contributed by atoms with E-state index in [0.717, 1.165) is 12.0 Å². The van der Waals surface area contributed by atoms with Gasteiger partial charge in [0.1, 0.15) is 0 Å². The van der Waals surface area contributed by atoms with Crippen LogP contribution in [-0.4, -0.2) is 53.1 Å². The van der Waals surface area contributed by atoms with Gasteiger partial charge in [-0.2, -0.15) is 0 Å². The molecule has 2 rings (SSSR count). The van der Waals surface area contributed by atoms with Gasteiger partial charge in [-0.15, -0.1) is 0 Å². The Labute approximate surface area is 147 Å². The maximum absolute atomic E-state index is 12.5. The molecular weight excluding hydrogens is 368 g/mol. The molecule has 1 fully saturated rings. The number of carbonyl (C=O) groups excluding carboxylic acids is 1. The highest BCUT2D eigenvalue weighted by Gasteiger charge is 2.41. The third-order valence-electron chi connectivity index (χ3n) is 3.88. The number of sulfonamides is 1. The number of rotatable bonds is 6. The molecule has 1 aromatic rings. The standard InChI is InChI=1S/C15H22N2O6S2/c1-3-11-5-7-12(8-6-11)25(21,22)17-14-10-24(19,20)9-13(14)16-15(18)23-4-2/h5-8,13-14,17H,3-4,9-10H2,1-2H3,(H,16,18)/t13-,14+/m0/s1. The van der Waals surface area contributed by atoms with E-state index in [0.29, 0.717) is 0 Å². The first kappa shape index (κ1) is 19.7. The van der Waals surface area contributed by atoms with E-state index >= 15 is 0 Å². The quantitative estimate of drug-likeness (QED) is 0.727. The predicted octanol–water partition coefficient (Wildman–Crippen LogP) is 0.439. The predicted molar refractivity (Wildman–Crippen MR) is 92.5 cm³/mol. The van der Waals surface area contributed by atoms with Crippen molar-refractivity contribution in [3.63, 3.8) is 0 Å². The average Bonchev–Trinajstić information content (AvgIpc) is 2.80. The van der Waals surface area contributed by atoms with Gasteiger partial charge in [-0.1, -0.05) is 19.1 Å². The van der Waals surface area contributed by atoms with E-state index in [2.05, 4.69) is 10.0 Å². The normalized spacial score (nSPS) is 22.5. The summed E-state index contributed by atoms with van der Waals surface area (Å²) in [5.41, 5.74) is 0.990. The maximum Gasteiger partial charge on any atom is 0.407 e. The highest BCUT2D eigenvalue weighted by molar-refractivity contribution is 7.92. The Balaban J connectivity index is 2.17. The van der Waals surface area contributed by atoms with Crippen LogP contribution in [0.5, 0.6) is 0 Å². The number of alkyl carbamates (subject to hydrolysis) is 1. The lowest BCUT2D eigenvalue weighted by atomic mass is 10.2. The van der Waals surface area contributed by atoms with E-state index in [1.54, 1.807) is 19.1 Å². The van der Waals surface area contributed by atoms with Crippen molar-refractivity contribution in [2.45, 2.75) is 37.2 Å². The van der Waals surface area contributed by atoms with Gasteiger partial charge in [0.05, 0.1) is 35.1 Å². The number of sulfone groups is 1. The first-order chi connectivity index (χ1) is 11.7. The molecule has 1 amide bonds. The van der Waals surface area contributed by atoms with Gasteiger partial charge < -0.3 is 10.1 Å². The number of nitrogens with one attached hydrogen (secondary N) is 2. The number of hydrogen-bond donors (Lipinski definition) is 2. The molecule has 1 aliphatic heterocycles. The van der Waals surface area contributed by atoms with Crippen molar-refractivity contribution in [2.24, 2.45) is 0 Å². The van der Waals surface area contributed by atoms with Crippen LogP contribution in [-0.2, 0) is 31.0 Å². The van der Waals surface area contributed by atoms with E-state index in [9.17, 15) is 21.6 Å². The van der Waals surface area contributed by atoms with Gasteiger partial charge in [0, 0.05) is 0 Å². The molecule has 1 aromatic carbocycles. The van der Waals surface area contributed by atoms with Crippen LogP contribution in [0.1, 0.15) is 19.4 Å². The fraction of sp³-hybridized carbons (Fsp3) is 0.533. The van der Waals surface area contributed by atoms with Crippen LogP contribution >= 0.6 is 0 Å². The van der Waals surface area contributed by atoms with Gasteiger partial charge in [-0.25, -0.2) is 26.4 Å². The number of carbonyl (C=O) groups is 1. The van der Waals surface area contributed by atoms with Crippen molar-refractivity contribution >= 4 is 26.0 Å². The first-order valence-electron chi connectivity index (χ1n) is 7.92. The molecule has 25 heavy (non-hydrogen) atoms. The molecule has 0 unspecified atom stereocenters. The van der Waals surface area contributed by atoms with Gasteiger partial charge in [-0.05, 0) is 31.0 Å². The number of amides is 1. The maximum atomic E-state index is 12.5. The lowest BCUT2D eigenvalue weighted by Crippen LogP contribution is -2.50. The minimum absolute atomic E-state index is 0.0453. The van der Waals surface area contributed by atoms with Crippen LogP contribution in [0.25, 0.3) is 0 Å². The van der Waals surface area contributed by atoms with Crippen LogP contribution in [0.3, 0.4) is 0 Å². The Morgan fingerprint density at radius 1 is 1.16 bits per heavy atom. The topological polar surface area (TPSA) is 119 Å². The van der Waals surface area contributed by atoms with E-state index in [4.69, 9.17) is 4.74 Å². The zero-order valence-corrected chi connectivity index (χ0v) is 15.7. The molecule has 0 radical (unpaired) electrons. The van der Waals surface area contributed by atoms with Crippen LogP contribution in [0, 0.1) is 0 Å². The van der Waals surface area contributed by atoms with Gasteiger partial charge in [0.25, 0.3) is 0 Å². The molecule has 140 valence electrons. The van der Waals surface area contributed by atoms with Crippen molar-refractivity contribution < 1.29 is 26.4 Å². The molecule has 0 spiro atoms. The highest BCUT2D eigenvalue weighted by atomic mass is 32.2. The minimum Gasteiger partial charge on any atom is -0.450 e. The van der Waals surface area contributed by atoms with E-state index in [1.165, 1.54) is 12.1 Å². The molecule has 1 saturated heterocycles. The lowest BCUT2D eigenvalue weighted by Gasteiger charge is -2.20. The Morgan fingerprint density at radius 2 is 1.76 bits per heavy atom. The lowest BCUT2D eigenvalue weighted by molar-refractivity contribution is 0.148. The second kappa shape index (κ2) is 7.71. The summed E-state index contributed by atoms with van der Waals surface area (Å²) >= 11 is 0. The summed E-state index contributed by atoms with van der Waals surface area (Å²) in [5.74, 6) is -0.718. The van der Waals surface area contributed by atoms with Crippen molar-refractivity contribution in [1.82, 2.24) is 10.0 Å². The summed E-state index contributed by atoms with van der Waals surface area (Å²) in [6, 6.07) is 4.51. The van der Waals surface area contributed by atoms with E-state index in [-0.39, 0.29) is 23.0 Å². The Bertz CT molecular complexity index is 818. The molecule has 0 bridgehead atoms. The van der Waals surface area contributed by atoms with Crippen molar-refractivity contribution in [2.75, 3.05) is 18.1 Å². The minimum atomic E-state index is -3.91. The van der Waals surface area contributed by atoms with Gasteiger partial charge in [0.2, 0.25) is 10.0 Å². The molecule has 8 nitrogen and oxygen atoms in total. The van der Waals surface area contributed by atoms with Gasteiger partial charge >= 0.3 is 6.09 Å². The van der Waals surface area contributed by atoms with Crippen molar-refractivity contribution in [3.8, 4) is 0 Å². The second-order valence-electron chi connectivity index (χ2n) is 5.77. The molecule has 2 atom stereocenters. The van der Waals surface area contributed by atoms with Gasteiger partial charge in [-0.3, -0.25) is 0 Å². The third kappa shape index (κ3) is 5.16. The summed E-state index contributed by atoms with van der Waals surface area (Å²) in [6.07, 6.45) is 0.00117. The number of aryl methyl sites for hydroxylation is 1. The zero-order chi connectivity index (χ0) is 18.7. The molecule has 0 saturated carbocycles. The van der Waals surface area contributed by atoms with Crippen LogP contribution < -0.4 is 10.0 Å². The molecular formula is C15H22N2O6S2. The molecule has 1 heterocycles. The Kier molecular flexibility index (Phi) is 6.07. The summed E-state index contributed by atoms with van der Waals surface area (Å²) < 4.78 is 55.9. The molecule has 10 heteroatoms. The molecule has 0 aliphatic carbocycles. The van der Waals surface area contributed by atoms with Crippen LogP contribution in [0.2, 0.25) is 0 Å². The average molecular weight is 390 g/mol. The second-order valence-corrected chi connectivity index (χ2v) is 9.64. The van der Waals surface area contributed by atoms with Crippen molar-refractivity contribution in [3.05, 3.63) is 29.8 Å². The summed E-state index contributed by atoms with van der Waals surface area (Å²) in [5, 5.41) is 2.41. The molecule has 0 aromatic heterocycles. The summed E-state index contributed by atoms with van der Waals surface area (Å²) in [7, 11) is -7.37. The number of benzene rings is 1. The SMILES string of the molecule is CCOC(=O)N[C@H]1CS(=O)(=O)C[C@H]1NS(=O)(=O)c1ccc(CC)cc1. The fourth-order valence-corrected chi connectivity index (χ4v) is 5.85. The first-order valence-corrected chi connectivity index (χ1v) is 11.2. The monoisotopic (exact) mass is 390 g/mol. The van der Waals surface area contributed by atoms with E-state index in [1.807, 2.05) is 6.92 Å². The fourth-order valence-electron chi connectivity index (χ4n) is 2.60. The zero-order valence-electron chi connectivity index (χ0n) is 14.1. The summed E-state index contributed by atoms with van der Waals surface area (Å²) in [4.78, 5) is 11.6. The van der Waals surface area contributed by atoms with Crippen LogP contribution in [0.4, 0.5) is 4.79 Å². The highest BCUT2D eigenvalue weighted by Crippen LogP contribution is 2.17.